The van der Waals surface area contributed by atoms with E-state index in [1.54, 1.807) is 57.2 Å². The Balaban J connectivity index is 0.000000336. The average Bonchev–Trinajstić information content (AvgIpc) is 4.14. The van der Waals surface area contributed by atoms with Gasteiger partial charge in [-0.25, -0.2) is 4.98 Å². The zero-order chi connectivity index (χ0) is 50.1. The molecule has 0 fully saturated rings. The van der Waals surface area contributed by atoms with E-state index in [2.05, 4.69) is 58.5 Å². The number of carbonyl (C=O) groups is 4. The van der Waals surface area contributed by atoms with Crippen molar-refractivity contribution in [3.05, 3.63) is 165 Å². The number of hydrogen-bond donors (Lipinski definition) is 5. The van der Waals surface area contributed by atoms with E-state index in [1.165, 1.54) is 10.8 Å². The van der Waals surface area contributed by atoms with Crippen LogP contribution in [0.25, 0.3) is 33.2 Å². The molecular formula is C50H51IrN11O7S3-2. The number of nitrogens with zero attached hydrogens (tertiary/aromatic N) is 7. The number of benzene rings is 3. The van der Waals surface area contributed by atoms with Gasteiger partial charge in [0.25, 0.3) is 10.1 Å². The van der Waals surface area contributed by atoms with Crippen molar-refractivity contribution in [2.45, 2.75) is 49.6 Å². The Bertz CT molecular complexity index is 2950. The number of unbranched alkanes of at least 4 members (excludes halogenated alkanes) is 1. The molecule has 0 saturated heterocycles. The Morgan fingerprint density at radius 2 is 1.31 bits per heavy atom. The number of fused-ring (bicyclic) bond motifs is 3. The number of aromatic nitrogens is 7. The molecule has 0 bridgehead atoms. The molecule has 18 nitrogen and oxygen atoms in total. The molecule has 0 aliphatic carbocycles. The van der Waals surface area contributed by atoms with Gasteiger partial charge in [0.1, 0.15) is 16.8 Å². The normalized spacial score (nSPS) is 11.1. The molecule has 0 aliphatic rings. The average molecular weight is 1210 g/mol. The topological polar surface area (TPSA) is 245 Å². The summed E-state index contributed by atoms with van der Waals surface area (Å²) in [4.78, 5) is 63.0. The second-order valence-corrected chi connectivity index (χ2v) is 19.2. The van der Waals surface area contributed by atoms with Crippen molar-refractivity contribution in [1.82, 2.24) is 50.5 Å². The van der Waals surface area contributed by atoms with Crippen LogP contribution in [0.5, 0.6) is 0 Å². The van der Waals surface area contributed by atoms with Gasteiger partial charge >= 0.3 is 0 Å². The van der Waals surface area contributed by atoms with Crippen molar-refractivity contribution >= 4 is 82.8 Å². The zero-order valence-electron chi connectivity index (χ0n) is 38.7. The second kappa shape index (κ2) is 30.2. The van der Waals surface area contributed by atoms with Crippen molar-refractivity contribution in [1.29, 1.82) is 0 Å². The Labute approximate surface area is 438 Å². The van der Waals surface area contributed by atoms with Gasteiger partial charge < -0.3 is 21.3 Å². The van der Waals surface area contributed by atoms with E-state index in [9.17, 15) is 32.1 Å². The molecule has 5 N–H and O–H groups in total. The molecule has 1 radical (unpaired) electrons. The number of nitrogens with one attached hydrogen (secondary N) is 4. The number of carbonyl (C=O) groups excluding carboxylic acids is 4. The molecule has 5 aromatic heterocycles. The fourth-order valence-corrected chi connectivity index (χ4v) is 9.03. The summed E-state index contributed by atoms with van der Waals surface area (Å²) in [5.41, 5.74) is 3.83. The van der Waals surface area contributed by atoms with Gasteiger partial charge in [0.2, 0.25) is 23.6 Å². The van der Waals surface area contributed by atoms with Gasteiger partial charge in [-0.1, -0.05) is 29.0 Å². The minimum atomic E-state index is -4.60. The SMILES string of the molecule is O=C(CCCCNC(=O)C(CS(=O)(=O)O)NC(=O)CCCC(=O)Nc1ccnc2c1ccc1cccnc12)NCCSSc1ccccn1.[Ir].[c-]1ccccc1-n1cccn1.[c-]1ccccc1-n1cccn1. The molecule has 5 heterocycles. The van der Waals surface area contributed by atoms with E-state index in [0.29, 0.717) is 47.2 Å². The minimum Gasteiger partial charge on any atom is -0.355 e. The van der Waals surface area contributed by atoms with E-state index in [1.807, 2.05) is 116 Å². The van der Waals surface area contributed by atoms with Crippen LogP contribution in [0.15, 0.2) is 158 Å². The molecular weight excluding hydrogens is 1160 g/mol. The first-order valence-electron chi connectivity index (χ1n) is 22.4. The number of rotatable bonds is 21. The summed E-state index contributed by atoms with van der Waals surface area (Å²) in [6, 6.07) is 38.7. The Kier molecular flexibility index (Phi) is 23.5. The number of para-hydroxylation sites is 2. The van der Waals surface area contributed by atoms with Crippen LogP contribution >= 0.6 is 21.6 Å². The predicted octanol–water partition coefficient (Wildman–Crippen LogP) is 6.85. The quantitative estimate of drug-likeness (QED) is 0.0163. The number of pyridine rings is 3. The van der Waals surface area contributed by atoms with Crippen molar-refractivity contribution in [2.24, 2.45) is 0 Å². The first-order valence-corrected chi connectivity index (χ1v) is 26.3. The maximum absolute atomic E-state index is 12.7. The molecule has 0 saturated carbocycles. The summed E-state index contributed by atoms with van der Waals surface area (Å²) in [5.74, 6) is -2.22. The van der Waals surface area contributed by atoms with Gasteiger partial charge in [0, 0.05) is 112 Å². The monoisotopic (exact) mass is 1210 g/mol. The second-order valence-electron chi connectivity index (χ2n) is 15.2. The molecule has 1 atom stereocenters. The van der Waals surface area contributed by atoms with Gasteiger partial charge in [-0.3, -0.25) is 43.1 Å². The van der Waals surface area contributed by atoms with Gasteiger partial charge in [-0.2, -0.15) is 67.1 Å². The summed E-state index contributed by atoms with van der Waals surface area (Å²) < 4.78 is 36.0. The number of amides is 4. The molecule has 8 rings (SSSR count). The minimum absolute atomic E-state index is 0. The number of hydrogen-bond acceptors (Lipinski definition) is 13. The maximum atomic E-state index is 12.7. The summed E-state index contributed by atoms with van der Waals surface area (Å²) in [5, 5.41) is 21.2. The van der Waals surface area contributed by atoms with Crippen LogP contribution in [0.4, 0.5) is 5.69 Å². The maximum Gasteiger partial charge on any atom is 0.267 e. The number of anilines is 1. The fourth-order valence-electron chi connectivity index (χ4n) is 6.58. The van der Waals surface area contributed by atoms with Crippen molar-refractivity contribution < 1.29 is 52.3 Å². The fraction of sp³-hybridized carbons (Fsp3) is 0.220. The molecule has 4 amide bonds. The summed E-state index contributed by atoms with van der Waals surface area (Å²) >= 11 is 0. The van der Waals surface area contributed by atoms with Crippen LogP contribution in [0.1, 0.15) is 38.5 Å². The van der Waals surface area contributed by atoms with Gasteiger partial charge in [-0.05, 0) is 83.9 Å². The summed E-state index contributed by atoms with van der Waals surface area (Å²) in [6.07, 6.45) is 13.3. The van der Waals surface area contributed by atoms with Crippen LogP contribution in [-0.4, -0.2) is 102 Å². The molecule has 22 heteroatoms. The Morgan fingerprint density at radius 1 is 0.639 bits per heavy atom. The van der Waals surface area contributed by atoms with E-state index in [0.717, 1.165) is 21.8 Å². The third kappa shape index (κ3) is 19.4. The van der Waals surface area contributed by atoms with E-state index in [4.69, 9.17) is 0 Å². The van der Waals surface area contributed by atoms with E-state index >= 15 is 0 Å². The molecule has 1 unspecified atom stereocenters. The third-order valence-corrected chi connectivity index (χ3v) is 12.9. The predicted molar refractivity (Wildman–Crippen MR) is 275 cm³/mol. The van der Waals surface area contributed by atoms with Crippen molar-refractivity contribution in [3.8, 4) is 11.4 Å². The van der Waals surface area contributed by atoms with Gasteiger partial charge in [-0.15, -0.1) is 12.1 Å². The van der Waals surface area contributed by atoms with Gasteiger partial charge in [0.05, 0.1) is 16.7 Å². The van der Waals surface area contributed by atoms with E-state index < -0.39 is 33.7 Å². The van der Waals surface area contributed by atoms with Crippen LogP contribution in [0, 0.1) is 12.1 Å². The standard InChI is InChI=1S/C32H37N7O7S3.2C9H7N2.Ir/c40-26(33-19-20-47-48-29-11-2-4-15-34-29)8-1-3-16-37-32(43)25(21-49(44,45)46)39-28(42)10-5-9-27(41)38-24-14-18-36-31-23(24)13-12-22-7-6-17-35-30(22)31;2*1-2-5-9(6-3-1)11-8-4-7-10-11;/h2,4,6-7,11-15,17-18,25H,1,3,5,8-10,16,19-21H2,(H,33,40)(H,37,43)(H,39,42)(H,36,38,41)(H,44,45,46);2*1-5,7-8H;/q;2*-1;. The van der Waals surface area contributed by atoms with Crippen LogP contribution in [0.2, 0.25) is 0 Å². The van der Waals surface area contributed by atoms with E-state index in [-0.39, 0.29) is 64.1 Å². The largest absolute Gasteiger partial charge is 0.355 e. The molecule has 8 aromatic rings. The van der Waals surface area contributed by atoms with Crippen LogP contribution in [-0.2, 0) is 49.4 Å². The van der Waals surface area contributed by atoms with Crippen molar-refractivity contribution in [3.63, 3.8) is 0 Å². The molecule has 3 aromatic carbocycles. The first kappa shape index (κ1) is 56.1. The molecule has 0 spiro atoms. The summed E-state index contributed by atoms with van der Waals surface area (Å²) in [7, 11) is -1.49. The Hall–Kier alpha value is -6.81. The van der Waals surface area contributed by atoms with Gasteiger partial charge in [0.15, 0.2) is 0 Å². The molecule has 72 heavy (non-hydrogen) atoms. The molecule has 377 valence electrons. The smallest absolute Gasteiger partial charge is 0.267 e. The Morgan fingerprint density at radius 3 is 1.94 bits per heavy atom. The summed E-state index contributed by atoms with van der Waals surface area (Å²) in [6.45, 7) is 0.634. The molecule has 0 aliphatic heterocycles. The first-order chi connectivity index (χ1) is 34.5. The zero-order valence-corrected chi connectivity index (χ0v) is 43.5. The van der Waals surface area contributed by atoms with Crippen LogP contribution < -0.4 is 21.3 Å². The van der Waals surface area contributed by atoms with Crippen LogP contribution in [0.3, 0.4) is 0 Å². The van der Waals surface area contributed by atoms with Crippen molar-refractivity contribution in [2.75, 3.05) is 29.9 Å². The third-order valence-electron chi connectivity index (χ3n) is 9.90.